The SMILES string of the molecule is CCCNCC(CCc1cccs1)CC(C)C. The molecule has 98 valence electrons. The standard InChI is InChI=1S/C15H27NS/c1-4-9-16-12-14(11-13(2)3)7-8-15-6-5-10-17-15/h5-6,10,13-14,16H,4,7-9,11-12H2,1-3H3. The van der Waals surface area contributed by atoms with Gasteiger partial charge in [-0.15, -0.1) is 11.3 Å². The van der Waals surface area contributed by atoms with Crippen molar-refractivity contribution >= 4 is 11.3 Å². The van der Waals surface area contributed by atoms with E-state index in [9.17, 15) is 0 Å². The van der Waals surface area contributed by atoms with Crippen LogP contribution in [-0.2, 0) is 6.42 Å². The third-order valence-corrected chi connectivity index (χ3v) is 3.98. The van der Waals surface area contributed by atoms with Gasteiger partial charge in [0.05, 0.1) is 0 Å². The molecular formula is C15H27NS. The summed E-state index contributed by atoms with van der Waals surface area (Å²) in [4.78, 5) is 1.54. The fraction of sp³-hybridized carbons (Fsp3) is 0.733. The highest BCUT2D eigenvalue weighted by Gasteiger charge is 2.11. The van der Waals surface area contributed by atoms with Gasteiger partial charge in [0.1, 0.15) is 0 Å². The van der Waals surface area contributed by atoms with Crippen molar-refractivity contribution in [1.29, 1.82) is 0 Å². The van der Waals surface area contributed by atoms with Gasteiger partial charge in [-0.2, -0.15) is 0 Å². The summed E-state index contributed by atoms with van der Waals surface area (Å²) in [5.41, 5.74) is 0. The molecular weight excluding hydrogens is 226 g/mol. The summed E-state index contributed by atoms with van der Waals surface area (Å²) in [5.74, 6) is 1.65. The number of hydrogen-bond acceptors (Lipinski definition) is 2. The van der Waals surface area contributed by atoms with E-state index >= 15 is 0 Å². The Morgan fingerprint density at radius 1 is 1.35 bits per heavy atom. The molecule has 1 heterocycles. The fourth-order valence-electron chi connectivity index (χ4n) is 2.25. The van der Waals surface area contributed by atoms with Crippen molar-refractivity contribution in [2.45, 2.75) is 46.5 Å². The Balaban J connectivity index is 2.29. The van der Waals surface area contributed by atoms with Crippen LogP contribution in [0.4, 0.5) is 0 Å². The van der Waals surface area contributed by atoms with E-state index in [0.29, 0.717) is 0 Å². The summed E-state index contributed by atoms with van der Waals surface area (Å²) < 4.78 is 0. The largest absolute Gasteiger partial charge is 0.316 e. The van der Waals surface area contributed by atoms with Gasteiger partial charge in [-0.1, -0.05) is 26.8 Å². The molecule has 0 aliphatic heterocycles. The molecule has 0 bridgehead atoms. The first-order valence-corrected chi connectivity index (χ1v) is 7.83. The maximum atomic E-state index is 3.57. The number of rotatable bonds is 9. The van der Waals surface area contributed by atoms with E-state index in [1.54, 1.807) is 0 Å². The molecule has 2 heteroatoms. The first kappa shape index (κ1) is 14.7. The molecule has 0 saturated heterocycles. The molecule has 0 spiro atoms. The predicted molar refractivity (Wildman–Crippen MR) is 78.7 cm³/mol. The summed E-state index contributed by atoms with van der Waals surface area (Å²) >= 11 is 1.89. The van der Waals surface area contributed by atoms with E-state index in [1.807, 2.05) is 11.3 Å². The number of aryl methyl sites for hydroxylation is 1. The smallest absolute Gasteiger partial charge is 0.00453 e. The summed E-state index contributed by atoms with van der Waals surface area (Å²) in [6.45, 7) is 9.25. The second-order valence-electron chi connectivity index (χ2n) is 5.32. The number of nitrogens with one attached hydrogen (secondary N) is 1. The lowest BCUT2D eigenvalue weighted by Gasteiger charge is -2.19. The highest BCUT2D eigenvalue weighted by Crippen LogP contribution is 2.19. The van der Waals surface area contributed by atoms with Crippen molar-refractivity contribution in [2.75, 3.05) is 13.1 Å². The van der Waals surface area contributed by atoms with Crippen LogP contribution in [0.15, 0.2) is 17.5 Å². The lowest BCUT2D eigenvalue weighted by atomic mass is 9.92. The van der Waals surface area contributed by atoms with Crippen molar-refractivity contribution in [3.63, 3.8) is 0 Å². The quantitative estimate of drug-likeness (QED) is 0.645. The maximum Gasteiger partial charge on any atom is 0.00453 e. The molecule has 1 unspecified atom stereocenters. The molecule has 1 N–H and O–H groups in total. The van der Waals surface area contributed by atoms with E-state index in [-0.39, 0.29) is 0 Å². The van der Waals surface area contributed by atoms with Crippen LogP contribution in [0.1, 0.15) is 44.9 Å². The number of hydrogen-bond donors (Lipinski definition) is 1. The Kier molecular flexibility index (Phi) is 7.54. The molecule has 0 aliphatic carbocycles. The summed E-state index contributed by atoms with van der Waals surface area (Å²) in [6, 6.07) is 4.42. The summed E-state index contributed by atoms with van der Waals surface area (Å²) in [5, 5.41) is 5.76. The second kappa shape index (κ2) is 8.71. The van der Waals surface area contributed by atoms with Crippen LogP contribution in [0, 0.1) is 11.8 Å². The van der Waals surface area contributed by atoms with Gasteiger partial charge < -0.3 is 5.32 Å². The Morgan fingerprint density at radius 2 is 2.18 bits per heavy atom. The van der Waals surface area contributed by atoms with Crippen molar-refractivity contribution in [2.24, 2.45) is 11.8 Å². The predicted octanol–water partition coefficient (Wildman–Crippen LogP) is 4.34. The third kappa shape index (κ3) is 6.85. The average Bonchev–Trinajstić information content (AvgIpc) is 2.78. The molecule has 0 aromatic carbocycles. The molecule has 0 radical (unpaired) electrons. The zero-order chi connectivity index (χ0) is 12.5. The van der Waals surface area contributed by atoms with Crippen LogP contribution in [0.3, 0.4) is 0 Å². The van der Waals surface area contributed by atoms with Crippen molar-refractivity contribution < 1.29 is 0 Å². The van der Waals surface area contributed by atoms with Crippen LogP contribution in [-0.4, -0.2) is 13.1 Å². The minimum Gasteiger partial charge on any atom is -0.316 e. The Morgan fingerprint density at radius 3 is 2.76 bits per heavy atom. The van der Waals surface area contributed by atoms with Crippen LogP contribution >= 0.6 is 11.3 Å². The zero-order valence-electron chi connectivity index (χ0n) is 11.5. The molecule has 1 atom stereocenters. The molecule has 17 heavy (non-hydrogen) atoms. The van der Waals surface area contributed by atoms with Gasteiger partial charge in [-0.05, 0) is 62.1 Å². The molecule has 1 aromatic rings. The fourth-order valence-corrected chi connectivity index (χ4v) is 2.98. The van der Waals surface area contributed by atoms with Crippen LogP contribution in [0.25, 0.3) is 0 Å². The van der Waals surface area contributed by atoms with Gasteiger partial charge in [-0.25, -0.2) is 0 Å². The van der Waals surface area contributed by atoms with E-state index in [4.69, 9.17) is 0 Å². The van der Waals surface area contributed by atoms with Gasteiger partial charge in [0.15, 0.2) is 0 Å². The average molecular weight is 253 g/mol. The molecule has 1 aromatic heterocycles. The number of thiophene rings is 1. The molecule has 0 aliphatic rings. The highest BCUT2D eigenvalue weighted by molar-refractivity contribution is 7.09. The lowest BCUT2D eigenvalue weighted by Crippen LogP contribution is -2.25. The minimum absolute atomic E-state index is 0.812. The maximum absolute atomic E-state index is 3.57. The first-order chi connectivity index (χ1) is 8.22. The van der Waals surface area contributed by atoms with Gasteiger partial charge in [0, 0.05) is 4.88 Å². The molecule has 0 fully saturated rings. The van der Waals surface area contributed by atoms with E-state index < -0.39 is 0 Å². The topological polar surface area (TPSA) is 12.0 Å². The summed E-state index contributed by atoms with van der Waals surface area (Å²) in [6.07, 6.45) is 5.17. The van der Waals surface area contributed by atoms with Crippen LogP contribution in [0.2, 0.25) is 0 Å². The first-order valence-electron chi connectivity index (χ1n) is 6.95. The van der Waals surface area contributed by atoms with Crippen LogP contribution < -0.4 is 5.32 Å². The van der Waals surface area contributed by atoms with Crippen molar-refractivity contribution in [3.05, 3.63) is 22.4 Å². The normalized spacial score (nSPS) is 13.2. The van der Waals surface area contributed by atoms with Gasteiger partial charge >= 0.3 is 0 Å². The van der Waals surface area contributed by atoms with E-state index in [1.165, 1.54) is 37.1 Å². The Bertz CT molecular complexity index is 266. The van der Waals surface area contributed by atoms with Crippen molar-refractivity contribution in [3.8, 4) is 0 Å². The molecule has 0 saturated carbocycles. The van der Waals surface area contributed by atoms with Gasteiger partial charge in [0.25, 0.3) is 0 Å². The molecule has 1 nitrogen and oxygen atoms in total. The van der Waals surface area contributed by atoms with Crippen molar-refractivity contribution in [1.82, 2.24) is 5.32 Å². The zero-order valence-corrected chi connectivity index (χ0v) is 12.4. The monoisotopic (exact) mass is 253 g/mol. The highest BCUT2D eigenvalue weighted by atomic mass is 32.1. The third-order valence-electron chi connectivity index (χ3n) is 3.04. The molecule has 1 rings (SSSR count). The Labute approximate surface area is 111 Å². The molecule has 0 amide bonds. The second-order valence-corrected chi connectivity index (χ2v) is 6.35. The lowest BCUT2D eigenvalue weighted by molar-refractivity contribution is 0.368. The van der Waals surface area contributed by atoms with E-state index in [2.05, 4.69) is 43.6 Å². The Hall–Kier alpha value is -0.340. The van der Waals surface area contributed by atoms with Crippen LogP contribution in [0.5, 0.6) is 0 Å². The minimum atomic E-state index is 0.812. The summed E-state index contributed by atoms with van der Waals surface area (Å²) in [7, 11) is 0. The van der Waals surface area contributed by atoms with Gasteiger partial charge in [-0.3, -0.25) is 0 Å². The van der Waals surface area contributed by atoms with E-state index in [0.717, 1.165) is 18.4 Å². The van der Waals surface area contributed by atoms with Gasteiger partial charge in [0.2, 0.25) is 0 Å².